The Hall–Kier alpha value is -4.91. The Morgan fingerprint density at radius 2 is 1.71 bits per heavy atom. The van der Waals surface area contributed by atoms with E-state index in [1.165, 1.54) is 17.5 Å². The number of amides is 1. The zero-order chi connectivity index (χ0) is 30.0. The van der Waals surface area contributed by atoms with E-state index >= 15 is 0 Å². The van der Waals surface area contributed by atoms with Gasteiger partial charge in [-0.2, -0.15) is 9.78 Å². The van der Waals surface area contributed by atoms with Crippen molar-refractivity contribution in [3.63, 3.8) is 0 Å². The van der Waals surface area contributed by atoms with Gasteiger partial charge in [0.05, 0.1) is 29.9 Å². The molecule has 3 aromatic carbocycles. The summed E-state index contributed by atoms with van der Waals surface area (Å²) in [6.45, 7) is 3.73. The molecule has 0 aliphatic carbocycles. The van der Waals surface area contributed by atoms with E-state index in [1.54, 1.807) is 32.0 Å². The number of hydrogen-bond acceptors (Lipinski definition) is 8. The van der Waals surface area contributed by atoms with E-state index in [9.17, 15) is 27.6 Å². The number of carbonyl (C=O) groups excluding carboxylic acids is 2. The van der Waals surface area contributed by atoms with Crippen molar-refractivity contribution >= 4 is 49.8 Å². The highest BCUT2D eigenvalue weighted by atomic mass is 32.1. The first-order valence-corrected chi connectivity index (χ1v) is 13.5. The SMILES string of the molecule is CCOC(=O)c1nn(-c2ccc(OC(F)(F)F)cc2)c(=O)c2c(NC(=O)c3c(OCC)ccc4ccccc34)scc12. The number of esters is 1. The van der Waals surface area contributed by atoms with E-state index in [2.05, 4.69) is 15.2 Å². The van der Waals surface area contributed by atoms with Gasteiger partial charge in [0.2, 0.25) is 0 Å². The fourth-order valence-electron chi connectivity index (χ4n) is 4.38. The second kappa shape index (κ2) is 11.5. The van der Waals surface area contributed by atoms with Crippen LogP contribution in [0, 0.1) is 0 Å². The van der Waals surface area contributed by atoms with Gasteiger partial charge >= 0.3 is 12.3 Å². The molecule has 0 aliphatic heterocycles. The Morgan fingerprint density at radius 1 is 0.976 bits per heavy atom. The minimum atomic E-state index is -4.90. The van der Waals surface area contributed by atoms with Crippen molar-refractivity contribution in [2.75, 3.05) is 18.5 Å². The first kappa shape index (κ1) is 28.6. The molecule has 2 aromatic heterocycles. The third kappa shape index (κ3) is 5.63. The Bertz CT molecular complexity index is 1870. The second-order valence-corrected chi connectivity index (χ2v) is 9.61. The lowest BCUT2D eigenvalue weighted by molar-refractivity contribution is -0.274. The van der Waals surface area contributed by atoms with Gasteiger partial charge in [-0.05, 0) is 55.0 Å². The van der Waals surface area contributed by atoms with Gasteiger partial charge in [-0.15, -0.1) is 24.5 Å². The fourth-order valence-corrected chi connectivity index (χ4v) is 5.32. The number of benzene rings is 3. The number of nitrogens with one attached hydrogen (secondary N) is 1. The van der Waals surface area contributed by atoms with Crippen molar-refractivity contribution in [1.82, 2.24) is 9.78 Å². The summed E-state index contributed by atoms with van der Waals surface area (Å²) in [5.74, 6) is -1.53. The van der Waals surface area contributed by atoms with Crippen LogP contribution in [0.15, 0.2) is 70.8 Å². The van der Waals surface area contributed by atoms with Crippen molar-refractivity contribution < 1.29 is 37.0 Å². The molecule has 0 fully saturated rings. The average Bonchev–Trinajstić information content (AvgIpc) is 3.37. The lowest BCUT2D eigenvalue weighted by Crippen LogP contribution is -2.25. The number of fused-ring (bicyclic) bond motifs is 2. The molecule has 0 saturated heterocycles. The second-order valence-electron chi connectivity index (χ2n) is 8.73. The fraction of sp³-hybridized carbons (Fsp3) is 0.172. The molecule has 42 heavy (non-hydrogen) atoms. The molecule has 9 nitrogen and oxygen atoms in total. The standard InChI is InChI=1S/C29H22F3N3O6S/c1-3-39-21-14-9-16-7-5-6-8-19(16)22(21)25(36)33-26-23-20(15-42-26)24(28(38)40-4-2)34-35(27(23)37)17-10-12-18(13-11-17)41-29(30,31)32/h5-15H,3-4H2,1-2H3,(H,33,36). The molecule has 0 aliphatic rings. The lowest BCUT2D eigenvalue weighted by atomic mass is 10.0. The molecule has 2 heterocycles. The Labute approximate surface area is 240 Å². The number of carbonyl (C=O) groups is 2. The molecule has 5 aromatic rings. The van der Waals surface area contributed by atoms with Gasteiger partial charge in [0.1, 0.15) is 16.5 Å². The van der Waals surface area contributed by atoms with E-state index in [0.717, 1.165) is 33.5 Å². The highest BCUT2D eigenvalue weighted by Crippen LogP contribution is 2.34. The van der Waals surface area contributed by atoms with Gasteiger partial charge in [0.15, 0.2) is 5.69 Å². The molecule has 0 radical (unpaired) electrons. The largest absolute Gasteiger partial charge is 0.573 e. The number of ether oxygens (including phenoxy) is 3. The van der Waals surface area contributed by atoms with E-state index in [1.807, 2.05) is 18.2 Å². The minimum absolute atomic E-state index is 0.0274. The van der Waals surface area contributed by atoms with E-state index in [4.69, 9.17) is 9.47 Å². The molecule has 1 N–H and O–H groups in total. The number of anilines is 1. The maximum Gasteiger partial charge on any atom is 0.573 e. The lowest BCUT2D eigenvalue weighted by Gasteiger charge is -2.14. The van der Waals surface area contributed by atoms with E-state index in [-0.39, 0.29) is 39.3 Å². The monoisotopic (exact) mass is 597 g/mol. The quantitative estimate of drug-likeness (QED) is 0.208. The number of aromatic nitrogens is 2. The molecule has 0 saturated carbocycles. The molecule has 0 unspecified atom stereocenters. The highest BCUT2D eigenvalue weighted by Gasteiger charge is 2.31. The van der Waals surface area contributed by atoms with Crippen LogP contribution in [0.5, 0.6) is 11.5 Å². The molecular formula is C29H22F3N3O6S. The molecule has 5 rings (SSSR count). The van der Waals surface area contributed by atoms with Gasteiger partial charge in [0, 0.05) is 10.8 Å². The smallest absolute Gasteiger partial charge is 0.493 e. The molecule has 1 amide bonds. The Morgan fingerprint density at radius 3 is 2.40 bits per heavy atom. The number of hydrogen-bond donors (Lipinski definition) is 1. The van der Waals surface area contributed by atoms with Crippen molar-refractivity contribution in [2.45, 2.75) is 20.2 Å². The Kier molecular flexibility index (Phi) is 7.85. The predicted octanol–water partition coefficient (Wildman–Crippen LogP) is 6.33. The van der Waals surface area contributed by atoms with Crippen LogP contribution in [0.4, 0.5) is 18.2 Å². The summed E-state index contributed by atoms with van der Waals surface area (Å²) >= 11 is 1.01. The maximum absolute atomic E-state index is 13.7. The number of nitrogens with zero attached hydrogens (tertiary/aromatic N) is 2. The number of halogens is 3. The van der Waals surface area contributed by atoms with Crippen molar-refractivity contribution in [3.05, 3.63) is 87.7 Å². The normalized spacial score (nSPS) is 11.5. The topological polar surface area (TPSA) is 109 Å². The average molecular weight is 598 g/mol. The van der Waals surface area contributed by atoms with Crippen molar-refractivity contribution in [1.29, 1.82) is 0 Å². The zero-order valence-electron chi connectivity index (χ0n) is 22.2. The van der Waals surface area contributed by atoms with Crippen LogP contribution in [0.1, 0.15) is 34.7 Å². The number of alkyl halides is 3. The Balaban J connectivity index is 1.63. The van der Waals surface area contributed by atoms with E-state index < -0.39 is 29.5 Å². The first-order valence-electron chi connectivity index (χ1n) is 12.6. The summed E-state index contributed by atoms with van der Waals surface area (Å²) in [6, 6.07) is 15.2. The molecule has 0 spiro atoms. The van der Waals surface area contributed by atoms with Crippen LogP contribution < -0.4 is 20.3 Å². The summed E-state index contributed by atoms with van der Waals surface area (Å²) in [4.78, 5) is 40.3. The highest BCUT2D eigenvalue weighted by molar-refractivity contribution is 7.16. The van der Waals surface area contributed by atoms with Gasteiger partial charge in [-0.1, -0.05) is 30.3 Å². The molecule has 0 atom stereocenters. The first-order chi connectivity index (χ1) is 20.1. The summed E-state index contributed by atoms with van der Waals surface area (Å²) in [7, 11) is 0. The number of rotatable bonds is 8. The van der Waals surface area contributed by atoms with Crippen LogP contribution in [0.2, 0.25) is 0 Å². The summed E-state index contributed by atoms with van der Waals surface area (Å²) in [6.07, 6.45) is -4.90. The molecule has 0 bridgehead atoms. The zero-order valence-corrected chi connectivity index (χ0v) is 23.0. The van der Waals surface area contributed by atoms with Gasteiger partial charge in [-0.3, -0.25) is 9.59 Å². The van der Waals surface area contributed by atoms with Crippen LogP contribution >= 0.6 is 11.3 Å². The molecule has 216 valence electrons. The maximum atomic E-state index is 13.7. The molecular weight excluding hydrogens is 575 g/mol. The number of thiophene rings is 1. The van der Waals surface area contributed by atoms with Gasteiger partial charge < -0.3 is 19.5 Å². The van der Waals surface area contributed by atoms with Crippen LogP contribution in [-0.2, 0) is 4.74 Å². The molecule has 13 heteroatoms. The van der Waals surface area contributed by atoms with Crippen molar-refractivity contribution in [2.24, 2.45) is 0 Å². The van der Waals surface area contributed by atoms with Crippen molar-refractivity contribution in [3.8, 4) is 17.2 Å². The van der Waals surface area contributed by atoms with Gasteiger partial charge in [0.25, 0.3) is 11.5 Å². The van der Waals surface area contributed by atoms with E-state index in [0.29, 0.717) is 17.7 Å². The van der Waals surface area contributed by atoms with Crippen LogP contribution in [0.3, 0.4) is 0 Å². The minimum Gasteiger partial charge on any atom is -0.493 e. The predicted molar refractivity (Wildman–Crippen MR) is 151 cm³/mol. The summed E-state index contributed by atoms with van der Waals surface area (Å²) in [5, 5.41) is 10.1. The van der Waals surface area contributed by atoms with Gasteiger partial charge in [-0.25, -0.2) is 4.79 Å². The third-order valence-corrected chi connectivity index (χ3v) is 6.98. The van der Waals surface area contributed by atoms with Crippen LogP contribution in [0.25, 0.3) is 27.2 Å². The third-order valence-electron chi connectivity index (χ3n) is 6.08. The summed E-state index contributed by atoms with van der Waals surface area (Å²) < 4.78 is 53.5. The van der Waals surface area contributed by atoms with Crippen LogP contribution in [-0.4, -0.2) is 41.2 Å². The summed E-state index contributed by atoms with van der Waals surface area (Å²) in [5.41, 5.74) is -0.615.